The third kappa shape index (κ3) is 5.62. The summed E-state index contributed by atoms with van der Waals surface area (Å²) in [6.07, 6.45) is 5.46. The molecule has 4 aromatic rings. The van der Waals surface area contributed by atoms with Gasteiger partial charge in [0.2, 0.25) is 0 Å². The fourth-order valence-corrected chi connectivity index (χ4v) is 5.64. The lowest BCUT2D eigenvalue weighted by Gasteiger charge is -2.31. The molecule has 0 spiro atoms. The smallest absolute Gasteiger partial charge is 0.253 e. The van der Waals surface area contributed by atoms with Gasteiger partial charge in [0, 0.05) is 41.4 Å². The van der Waals surface area contributed by atoms with Crippen LogP contribution < -0.4 is 5.32 Å². The second-order valence-corrected chi connectivity index (χ2v) is 10.2. The Labute approximate surface area is 221 Å². The highest BCUT2D eigenvalue weighted by molar-refractivity contribution is 14.1. The van der Waals surface area contributed by atoms with Crippen LogP contribution in [-0.4, -0.2) is 44.0 Å². The highest BCUT2D eigenvalue weighted by Crippen LogP contribution is 2.35. The summed E-state index contributed by atoms with van der Waals surface area (Å²) < 4.78 is 0.927. The monoisotopic (exact) mass is 597 g/mol. The molecule has 1 amide bonds. The summed E-state index contributed by atoms with van der Waals surface area (Å²) in [6, 6.07) is 16.4. The number of thiazole rings is 1. The Bertz CT molecular complexity index is 1320. The van der Waals surface area contributed by atoms with Gasteiger partial charge in [0.1, 0.15) is 17.4 Å². The average Bonchev–Trinajstić information content (AvgIpc) is 3.40. The van der Waals surface area contributed by atoms with Crippen molar-refractivity contribution in [2.75, 3.05) is 18.4 Å². The van der Waals surface area contributed by atoms with Crippen LogP contribution in [0.4, 0.5) is 11.6 Å². The number of phenols is 1. The van der Waals surface area contributed by atoms with E-state index in [4.69, 9.17) is 9.97 Å². The summed E-state index contributed by atoms with van der Waals surface area (Å²) in [4.78, 5) is 29.5. The fraction of sp³-hybridized carbons (Fsp3) is 0.231. The summed E-state index contributed by atoms with van der Waals surface area (Å²) in [5.74, 6) is 2.03. The van der Waals surface area contributed by atoms with Crippen molar-refractivity contribution in [2.45, 2.75) is 23.2 Å². The number of benzene rings is 1. The number of carbonyl (C=O) groups excluding carboxylic acids is 1. The highest BCUT2D eigenvalue weighted by atomic mass is 127. The number of piperidine rings is 1. The van der Waals surface area contributed by atoms with E-state index in [1.807, 2.05) is 41.4 Å². The quantitative estimate of drug-likeness (QED) is 0.209. The number of anilines is 2. The first-order valence-electron chi connectivity index (χ1n) is 11.4. The van der Waals surface area contributed by atoms with Crippen LogP contribution >= 0.6 is 33.9 Å². The molecule has 7 nitrogen and oxygen atoms in total. The van der Waals surface area contributed by atoms with Gasteiger partial charge in [-0.15, -0.1) is 11.3 Å². The van der Waals surface area contributed by atoms with Gasteiger partial charge >= 0.3 is 0 Å². The van der Waals surface area contributed by atoms with Crippen LogP contribution in [0.1, 0.15) is 39.7 Å². The number of phenolic OH excluding ortho intramolecular Hbond substituents is 1. The van der Waals surface area contributed by atoms with Crippen molar-refractivity contribution in [2.24, 2.45) is 0 Å². The first kappa shape index (κ1) is 23.7. The van der Waals surface area contributed by atoms with Crippen LogP contribution in [0.2, 0.25) is 0 Å². The molecular formula is C26H24IN5O2S. The lowest BCUT2D eigenvalue weighted by atomic mass is 9.97. The maximum atomic E-state index is 12.8. The standard InChI is InChI=1S/C26H24IN5O2S/c27-15-17-8-11-28-24(14-17)31-23-3-1-2-21(30-23)22-16-29-25(35-22)18-9-12-32(13-10-18)26(34)19-4-6-20(33)7-5-19/h1-8,11,14,16,18,33H,9-10,12-13,15H2,(H,28,30,31). The van der Waals surface area contributed by atoms with Gasteiger partial charge in [0.25, 0.3) is 5.91 Å². The van der Waals surface area contributed by atoms with Gasteiger partial charge in [-0.05, 0) is 66.9 Å². The summed E-state index contributed by atoms with van der Waals surface area (Å²) in [7, 11) is 0. The van der Waals surface area contributed by atoms with Crippen molar-refractivity contribution >= 4 is 51.5 Å². The van der Waals surface area contributed by atoms with E-state index in [0.29, 0.717) is 24.6 Å². The van der Waals surface area contributed by atoms with E-state index in [2.05, 4.69) is 32.9 Å². The molecule has 5 rings (SSSR count). The largest absolute Gasteiger partial charge is 0.508 e. The van der Waals surface area contributed by atoms with Gasteiger partial charge < -0.3 is 15.3 Å². The number of aromatic hydroxyl groups is 1. The molecular weight excluding hydrogens is 573 g/mol. The van der Waals surface area contributed by atoms with Gasteiger partial charge in [-0.2, -0.15) is 0 Å². The lowest BCUT2D eigenvalue weighted by Crippen LogP contribution is -2.37. The zero-order valence-corrected chi connectivity index (χ0v) is 21.9. The number of alkyl halides is 1. The second kappa shape index (κ2) is 10.7. The van der Waals surface area contributed by atoms with Crippen molar-refractivity contribution in [3.05, 3.63) is 83.1 Å². The first-order valence-corrected chi connectivity index (χ1v) is 13.7. The van der Waals surface area contributed by atoms with Crippen LogP contribution in [0.3, 0.4) is 0 Å². The predicted molar refractivity (Wildman–Crippen MR) is 147 cm³/mol. The molecule has 0 saturated carbocycles. The number of amides is 1. The van der Waals surface area contributed by atoms with E-state index in [-0.39, 0.29) is 11.7 Å². The maximum absolute atomic E-state index is 12.8. The molecule has 0 unspecified atom stereocenters. The summed E-state index contributed by atoms with van der Waals surface area (Å²) in [5, 5.41) is 13.8. The zero-order chi connectivity index (χ0) is 24.2. The van der Waals surface area contributed by atoms with Gasteiger partial charge in [0.05, 0.1) is 15.6 Å². The number of nitrogens with zero attached hydrogens (tertiary/aromatic N) is 4. The number of hydrogen-bond donors (Lipinski definition) is 2. The van der Waals surface area contributed by atoms with E-state index in [9.17, 15) is 9.90 Å². The summed E-state index contributed by atoms with van der Waals surface area (Å²) >= 11 is 4.01. The second-order valence-electron chi connectivity index (χ2n) is 8.39. The van der Waals surface area contributed by atoms with Crippen LogP contribution in [0.25, 0.3) is 10.6 Å². The molecule has 1 aliphatic heterocycles. The molecule has 35 heavy (non-hydrogen) atoms. The Balaban J connectivity index is 1.23. The van der Waals surface area contributed by atoms with Crippen molar-refractivity contribution in [1.82, 2.24) is 19.9 Å². The number of aromatic nitrogens is 3. The molecule has 2 N–H and O–H groups in total. The van der Waals surface area contributed by atoms with Crippen molar-refractivity contribution in [3.8, 4) is 16.3 Å². The van der Waals surface area contributed by atoms with Crippen molar-refractivity contribution < 1.29 is 9.90 Å². The Hall–Kier alpha value is -3.05. The van der Waals surface area contributed by atoms with E-state index < -0.39 is 0 Å². The Kier molecular flexibility index (Phi) is 7.24. The Morgan fingerprint density at radius 3 is 2.66 bits per heavy atom. The average molecular weight is 597 g/mol. The number of likely N-dealkylation sites (tertiary alicyclic amines) is 1. The number of halogens is 1. The fourth-order valence-electron chi connectivity index (χ4n) is 4.11. The van der Waals surface area contributed by atoms with Crippen LogP contribution in [0, 0.1) is 0 Å². The number of nitrogens with one attached hydrogen (secondary N) is 1. The predicted octanol–water partition coefficient (Wildman–Crippen LogP) is 6.00. The molecule has 0 bridgehead atoms. The molecule has 1 saturated heterocycles. The van der Waals surface area contributed by atoms with Gasteiger partial charge in [-0.25, -0.2) is 15.0 Å². The van der Waals surface area contributed by atoms with E-state index in [0.717, 1.165) is 44.5 Å². The van der Waals surface area contributed by atoms with Gasteiger partial charge in [-0.1, -0.05) is 28.7 Å². The number of pyridine rings is 2. The minimum absolute atomic E-state index is 0.00954. The molecule has 178 valence electrons. The van der Waals surface area contributed by atoms with Crippen LogP contribution in [-0.2, 0) is 4.43 Å². The molecule has 1 aliphatic rings. The van der Waals surface area contributed by atoms with E-state index in [1.165, 1.54) is 5.56 Å². The van der Waals surface area contributed by atoms with E-state index >= 15 is 0 Å². The van der Waals surface area contributed by atoms with Crippen LogP contribution in [0.5, 0.6) is 5.75 Å². The molecule has 1 aromatic carbocycles. The first-order chi connectivity index (χ1) is 17.1. The molecule has 1 fully saturated rings. The Morgan fingerprint density at radius 2 is 1.89 bits per heavy atom. The zero-order valence-electron chi connectivity index (χ0n) is 18.9. The van der Waals surface area contributed by atoms with Crippen molar-refractivity contribution in [1.29, 1.82) is 0 Å². The van der Waals surface area contributed by atoms with Gasteiger partial charge in [-0.3, -0.25) is 4.79 Å². The highest BCUT2D eigenvalue weighted by Gasteiger charge is 2.26. The molecule has 4 heterocycles. The normalized spacial score (nSPS) is 14.1. The topological polar surface area (TPSA) is 91.2 Å². The molecule has 0 radical (unpaired) electrons. The minimum Gasteiger partial charge on any atom is -0.508 e. The van der Waals surface area contributed by atoms with Crippen LogP contribution in [0.15, 0.2) is 67.0 Å². The van der Waals surface area contributed by atoms with Crippen molar-refractivity contribution in [3.63, 3.8) is 0 Å². The van der Waals surface area contributed by atoms with E-state index in [1.54, 1.807) is 41.8 Å². The molecule has 9 heteroatoms. The lowest BCUT2D eigenvalue weighted by molar-refractivity contribution is 0.0713. The maximum Gasteiger partial charge on any atom is 0.253 e. The SMILES string of the molecule is O=C(c1ccc(O)cc1)N1CCC(c2ncc(-c3cccc(Nc4cc(CI)ccn4)n3)s2)CC1. The molecule has 0 aliphatic carbocycles. The summed E-state index contributed by atoms with van der Waals surface area (Å²) in [6.45, 7) is 1.39. The number of hydrogen-bond acceptors (Lipinski definition) is 7. The molecule has 0 atom stereocenters. The number of carbonyl (C=O) groups is 1. The number of rotatable bonds is 6. The summed E-state index contributed by atoms with van der Waals surface area (Å²) in [5.41, 5.74) is 2.69. The third-order valence-electron chi connectivity index (χ3n) is 6.01. The molecule has 3 aromatic heterocycles. The van der Waals surface area contributed by atoms with Gasteiger partial charge in [0.15, 0.2) is 0 Å². The Morgan fingerprint density at radius 1 is 1.09 bits per heavy atom. The third-order valence-corrected chi connectivity index (χ3v) is 8.07. The minimum atomic E-state index is 0.00954.